The molecule has 0 aliphatic heterocycles. The molecule has 0 aliphatic rings. The van der Waals surface area contributed by atoms with Gasteiger partial charge in [-0.25, -0.2) is 0 Å². The van der Waals surface area contributed by atoms with Crippen LogP contribution in [0.4, 0.5) is 0 Å². The molecule has 0 saturated heterocycles. The van der Waals surface area contributed by atoms with Crippen molar-refractivity contribution >= 4 is 11.8 Å². The fourth-order valence-electron chi connectivity index (χ4n) is 3.39. The Morgan fingerprint density at radius 3 is 1.74 bits per heavy atom. The summed E-state index contributed by atoms with van der Waals surface area (Å²) in [6.07, 6.45) is 0.225. The van der Waals surface area contributed by atoms with Crippen LogP contribution < -0.4 is 0 Å². The predicted octanol–water partition coefficient (Wildman–Crippen LogP) is 5.00. The number of rotatable bonds is 7. The van der Waals surface area contributed by atoms with Gasteiger partial charge in [-0.05, 0) is 11.1 Å². The number of Topliss-reactive ketones (excluding diaryl/α,β-unsaturated/α-hetero) is 1. The number of hydrogen-bond acceptors (Lipinski definition) is 3. The van der Waals surface area contributed by atoms with E-state index in [1.807, 2.05) is 78.9 Å². The van der Waals surface area contributed by atoms with Crippen molar-refractivity contribution in [2.24, 2.45) is 0 Å². The molecule has 27 heavy (non-hydrogen) atoms. The van der Waals surface area contributed by atoms with Gasteiger partial charge >= 0.3 is 5.97 Å². The van der Waals surface area contributed by atoms with E-state index in [0.29, 0.717) is 5.56 Å². The minimum absolute atomic E-state index is 0.00860. The molecule has 0 aliphatic carbocycles. The van der Waals surface area contributed by atoms with Gasteiger partial charge in [0.2, 0.25) is 0 Å². The molecule has 3 rings (SSSR count). The van der Waals surface area contributed by atoms with Crippen molar-refractivity contribution in [3.8, 4) is 0 Å². The van der Waals surface area contributed by atoms with Crippen LogP contribution >= 0.6 is 0 Å². The van der Waals surface area contributed by atoms with Crippen molar-refractivity contribution in [2.75, 3.05) is 7.11 Å². The normalized spacial score (nSPS) is 12.8. The molecule has 136 valence electrons. The highest BCUT2D eigenvalue weighted by Crippen LogP contribution is 2.37. The van der Waals surface area contributed by atoms with E-state index in [4.69, 9.17) is 4.74 Å². The third-order valence-corrected chi connectivity index (χ3v) is 4.74. The number of methoxy groups -OCH3 is 1. The summed E-state index contributed by atoms with van der Waals surface area (Å²) in [7, 11) is 1.39. The van der Waals surface area contributed by atoms with Crippen LogP contribution in [0.3, 0.4) is 0 Å². The number of ether oxygens (including phenoxy) is 1. The van der Waals surface area contributed by atoms with Gasteiger partial charge in [-0.3, -0.25) is 9.59 Å². The Morgan fingerprint density at radius 1 is 0.741 bits per heavy atom. The monoisotopic (exact) mass is 358 g/mol. The molecule has 0 aromatic heterocycles. The molecule has 2 atom stereocenters. The lowest BCUT2D eigenvalue weighted by atomic mass is 9.78. The lowest BCUT2D eigenvalue weighted by Crippen LogP contribution is -2.24. The van der Waals surface area contributed by atoms with Crippen molar-refractivity contribution in [2.45, 2.75) is 18.3 Å². The van der Waals surface area contributed by atoms with Gasteiger partial charge < -0.3 is 4.74 Å². The summed E-state index contributed by atoms with van der Waals surface area (Å²) in [6, 6.07) is 28.4. The van der Waals surface area contributed by atoms with Gasteiger partial charge in [0.15, 0.2) is 5.78 Å². The second-order valence-corrected chi connectivity index (χ2v) is 6.42. The maximum atomic E-state index is 12.9. The van der Waals surface area contributed by atoms with Gasteiger partial charge in [0.1, 0.15) is 0 Å². The number of esters is 1. The van der Waals surface area contributed by atoms with Gasteiger partial charge in [-0.2, -0.15) is 0 Å². The first kappa shape index (κ1) is 18.6. The second kappa shape index (κ2) is 8.95. The standard InChI is InChI=1S/C24H22O3/c1-27-24(26)23(20-15-9-4-10-16-20)21(18-11-5-2-6-12-18)17-22(25)19-13-7-3-8-14-19/h2-16,21,23H,17H2,1H3/t21-,23-/m0/s1. The van der Waals surface area contributed by atoms with Crippen LogP contribution in [0.5, 0.6) is 0 Å². The average Bonchev–Trinajstić information content (AvgIpc) is 2.75. The van der Waals surface area contributed by atoms with E-state index in [0.717, 1.165) is 11.1 Å². The van der Waals surface area contributed by atoms with Crippen molar-refractivity contribution in [1.29, 1.82) is 0 Å². The summed E-state index contributed by atoms with van der Waals surface area (Å²) < 4.78 is 5.11. The van der Waals surface area contributed by atoms with E-state index in [1.54, 1.807) is 12.1 Å². The zero-order valence-corrected chi connectivity index (χ0v) is 15.2. The molecule has 3 aromatic carbocycles. The molecule has 3 nitrogen and oxygen atoms in total. The van der Waals surface area contributed by atoms with Crippen molar-refractivity contribution < 1.29 is 14.3 Å². The Balaban J connectivity index is 2.02. The van der Waals surface area contributed by atoms with Crippen LogP contribution in [0.1, 0.15) is 39.7 Å². The van der Waals surface area contributed by atoms with Crippen LogP contribution in [-0.2, 0) is 9.53 Å². The summed E-state index contributed by atoms with van der Waals surface area (Å²) in [5, 5.41) is 0. The fraction of sp³-hybridized carbons (Fsp3) is 0.167. The summed E-state index contributed by atoms with van der Waals surface area (Å²) in [6.45, 7) is 0. The van der Waals surface area contributed by atoms with Crippen molar-refractivity contribution in [3.05, 3.63) is 108 Å². The Morgan fingerprint density at radius 2 is 1.22 bits per heavy atom. The first-order chi connectivity index (χ1) is 13.2. The Hall–Kier alpha value is -3.20. The van der Waals surface area contributed by atoms with Crippen LogP contribution in [0.25, 0.3) is 0 Å². The molecule has 0 unspecified atom stereocenters. The van der Waals surface area contributed by atoms with E-state index in [1.165, 1.54) is 7.11 Å². The SMILES string of the molecule is COC(=O)[C@@H](c1ccccc1)[C@@H](CC(=O)c1ccccc1)c1ccccc1. The molecule has 3 aromatic rings. The number of hydrogen-bond donors (Lipinski definition) is 0. The zero-order valence-electron chi connectivity index (χ0n) is 15.2. The van der Waals surface area contributed by atoms with Gasteiger partial charge in [-0.15, -0.1) is 0 Å². The van der Waals surface area contributed by atoms with E-state index in [-0.39, 0.29) is 24.1 Å². The molecule has 0 spiro atoms. The molecule has 0 saturated carbocycles. The van der Waals surface area contributed by atoms with Crippen LogP contribution in [-0.4, -0.2) is 18.9 Å². The Labute approximate surface area is 159 Å². The molecule has 0 bridgehead atoms. The number of ketones is 1. The predicted molar refractivity (Wildman–Crippen MR) is 106 cm³/mol. The highest BCUT2D eigenvalue weighted by Gasteiger charge is 2.33. The quantitative estimate of drug-likeness (QED) is 0.441. The molecule has 0 amide bonds. The smallest absolute Gasteiger partial charge is 0.313 e. The lowest BCUT2D eigenvalue weighted by Gasteiger charge is -2.26. The molecule has 0 N–H and O–H groups in total. The van der Waals surface area contributed by atoms with Crippen LogP contribution in [0.15, 0.2) is 91.0 Å². The summed E-state index contributed by atoms with van der Waals surface area (Å²) in [5.41, 5.74) is 2.44. The number of carbonyl (C=O) groups is 2. The first-order valence-corrected chi connectivity index (χ1v) is 8.96. The zero-order chi connectivity index (χ0) is 19.1. The second-order valence-electron chi connectivity index (χ2n) is 6.42. The van der Waals surface area contributed by atoms with Crippen LogP contribution in [0, 0.1) is 0 Å². The molecule has 0 heterocycles. The van der Waals surface area contributed by atoms with Crippen LogP contribution in [0.2, 0.25) is 0 Å². The Kier molecular flexibility index (Phi) is 6.16. The molecular weight excluding hydrogens is 336 g/mol. The third kappa shape index (κ3) is 4.50. The van der Waals surface area contributed by atoms with E-state index >= 15 is 0 Å². The Bertz CT molecular complexity index is 873. The molecule has 0 radical (unpaired) electrons. The number of carbonyl (C=O) groups excluding carboxylic acids is 2. The van der Waals surface area contributed by atoms with Gasteiger partial charge in [-0.1, -0.05) is 91.0 Å². The summed E-state index contributed by atoms with van der Waals surface area (Å²) >= 11 is 0. The van der Waals surface area contributed by atoms with Gasteiger partial charge in [0.05, 0.1) is 13.0 Å². The summed E-state index contributed by atoms with van der Waals surface area (Å²) in [5.74, 6) is -1.19. The largest absolute Gasteiger partial charge is 0.469 e. The maximum absolute atomic E-state index is 12.9. The lowest BCUT2D eigenvalue weighted by molar-refractivity contribution is -0.143. The van der Waals surface area contributed by atoms with Crippen molar-refractivity contribution in [3.63, 3.8) is 0 Å². The maximum Gasteiger partial charge on any atom is 0.313 e. The summed E-state index contributed by atoms with van der Waals surface area (Å²) in [4.78, 5) is 25.6. The topological polar surface area (TPSA) is 43.4 Å². The minimum atomic E-state index is -0.550. The third-order valence-electron chi connectivity index (χ3n) is 4.74. The van der Waals surface area contributed by atoms with E-state index in [9.17, 15) is 9.59 Å². The fourth-order valence-corrected chi connectivity index (χ4v) is 3.39. The highest BCUT2D eigenvalue weighted by molar-refractivity contribution is 5.97. The number of benzene rings is 3. The van der Waals surface area contributed by atoms with Crippen molar-refractivity contribution in [1.82, 2.24) is 0 Å². The molecular formula is C24H22O3. The van der Waals surface area contributed by atoms with Gasteiger partial charge in [0.25, 0.3) is 0 Å². The average molecular weight is 358 g/mol. The molecule has 3 heteroatoms. The van der Waals surface area contributed by atoms with E-state index in [2.05, 4.69) is 0 Å². The first-order valence-electron chi connectivity index (χ1n) is 8.96. The highest BCUT2D eigenvalue weighted by atomic mass is 16.5. The minimum Gasteiger partial charge on any atom is -0.469 e. The van der Waals surface area contributed by atoms with Gasteiger partial charge in [0, 0.05) is 17.9 Å². The molecule has 0 fully saturated rings. The van der Waals surface area contributed by atoms with E-state index < -0.39 is 5.92 Å².